The maximum absolute atomic E-state index is 12.7. The number of nitrogens with zero attached hydrogens (tertiary/aromatic N) is 1. The van der Waals surface area contributed by atoms with Gasteiger partial charge in [0.15, 0.2) is 0 Å². The van der Waals surface area contributed by atoms with Crippen molar-refractivity contribution in [1.29, 1.82) is 0 Å². The first-order valence-corrected chi connectivity index (χ1v) is 8.83. The van der Waals surface area contributed by atoms with Crippen LogP contribution >= 0.6 is 12.4 Å². The Hall–Kier alpha value is -1.47. The van der Waals surface area contributed by atoms with E-state index in [4.69, 9.17) is 0 Å². The Balaban J connectivity index is 0.00000243. The molecule has 2 saturated heterocycles. The van der Waals surface area contributed by atoms with E-state index >= 15 is 0 Å². The molecule has 4 nitrogen and oxygen atoms in total. The summed E-state index contributed by atoms with van der Waals surface area (Å²) in [7, 11) is 0. The van der Waals surface area contributed by atoms with Crippen LogP contribution in [0.1, 0.15) is 53.9 Å². The number of ether oxygens (including phenoxy) is 1. The van der Waals surface area contributed by atoms with Gasteiger partial charge in [0, 0.05) is 18.7 Å². The van der Waals surface area contributed by atoms with Crippen LogP contribution < -0.4 is 10.1 Å². The maximum atomic E-state index is 12.7. The van der Waals surface area contributed by atoms with E-state index in [1.165, 1.54) is 12.1 Å². The van der Waals surface area contributed by atoms with Gasteiger partial charge in [-0.05, 0) is 74.9 Å². The van der Waals surface area contributed by atoms with E-state index in [9.17, 15) is 18.0 Å². The number of carbonyl (C=O) groups excluding carboxylic acids is 1. The number of piperidine rings is 2. The van der Waals surface area contributed by atoms with Gasteiger partial charge < -0.3 is 15.0 Å². The minimum atomic E-state index is -4.77. The number of alkyl halides is 3. The van der Waals surface area contributed by atoms with Crippen molar-refractivity contribution in [3.63, 3.8) is 0 Å². The fourth-order valence-electron chi connectivity index (χ4n) is 3.61. The summed E-state index contributed by atoms with van der Waals surface area (Å²) in [5.41, 5.74) is 1.04. The molecule has 0 aromatic heterocycles. The normalized spacial score (nSPS) is 19.0. The van der Waals surface area contributed by atoms with Gasteiger partial charge in [0.05, 0.1) is 0 Å². The first kappa shape index (κ1) is 20.8. The molecule has 0 radical (unpaired) electrons. The summed E-state index contributed by atoms with van der Waals surface area (Å²) < 4.78 is 42.2. The van der Waals surface area contributed by atoms with Crippen LogP contribution in [0, 0.1) is 0 Å². The molecule has 2 fully saturated rings. The van der Waals surface area contributed by atoms with Crippen LogP contribution in [-0.2, 0) is 0 Å². The molecule has 0 spiro atoms. The van der Waals surface area contributed by atoms with Crippen LogP contribution in [0.3, 0.4) is 0 Å². The zero-order valence-corrected chi connectivity index (χ0v) is 15.3. The van der Waals surface area contributed by atoms with Gasteiger partial charge >= 0.3 is 6.36 Å². The van der Waals surface area contributed by atoms with E-state index in [2.05, 4.69) is 10.1 Å². The second-order valence-corrected chi connectivity index (χ2v) is 6.72. The van der Waals surface area contributed by atoms with Crippen molar-refractivity contribution in [3.05, 3.63) is 29.3 Å². The van der Waals surface area contributed by atoms with E-state index in [-0.39, 0.29) is 35.5 Å². The van der Waals surface area contributed by atoms with Crippen molar-refractivity contribution in [2.24, 2.45) is 0 Å². The lowest BCUT2D eigenvalue weighted by molar-refractivity contribution is -0.274. The summed E-state index contributed by atoms with van der Waals surface area (Å²) >= 11 is 0. The molecule has 146 valence electrons. The molecule has 1 amide bonds. The van der Waals surface area contributed by atoms with Gasteiger partial charge in [-0.15, -0.1) is 25.6 Å². The number of halogens is 4. The average molecular weight is 393 g/mol. The number of nitrogens with one attached hydrogen (secondary N) is 1. The summed E-state index contributed by atoms with van der Waals surface area (Å²) in [5, 5.41) is 3.24. The zero-order valence-electron chi connectivity index (χ0n) is 14.5. The SMILES string of the molecule is Cl.O=C(c1cc(OC(F)(F)F)cc(C2CCNCC2)c1)N1CCCCC1. The highest BCUT2D eigenvalue weighted by Gasteiger charge is 2.32. The minimum absolute atomic E-state index is 0. The van der Waals surface area contributed by atoms with Crippen molar-refractivity contribution in [3.8, 4) is 5.75 Å². The third kappa shape index (κ3) is 5.51. The first-order valence-electron chi connectivity index (χ1n) is 8.83. The van der Waals surface area contributed by atoms with Crippen LogP contribution in [0.2, 0.25) is 0 Å². The number of amides is 1. The van der Waals surface area contributed by atoms with Gasteiger partial charge in [-0.2, -0.15) is 0 Å². The molecule has 1 N–H and O–H groups in total. The fraction of sp³-hybridized carbons (Fsp3) is 0.611. The highest BCUT2D eigenvalue weighted by molar-refractivity contribution is 5.95. The van der Waals surface area contributed by atoms with Gasteiger partial charge in [-0.25, -0.2) is 0 Å². The smallest absolute Gasteiger partial charge is 0.406 e. The second kappa shape index (κ2) is 8.95. The number of hydrogen-bond acceptors (Lipinski definition) is 3. The lowest BCUT2D eigenvalue weighted by atomic mass is 9.89. The number of benzene rings is 1. The van der Waals surface area contributed by atoms with E-state index in [0.717, 1.165) is 50.8 Å². The van der Waals surface area contributed by atoms with E-state index in [1.54, 1.807) is 11.0 Å². The Morgan fingerprint density at radius 1 is 1.08 bits per heavy atom. The largest absolute Gasteiger partial charge is 0.573 e. The van der Waals surface area contributed by atoms with Gasteiger partial charge in [0.25, 0.3) is 5.91 Å². The third-order valence-electron chi connectivity index (χ3n) is 4.86. The number of hydrogen-bond donors (Lipinski definition) is 1. The number of likely N-dealkylation sites (tertiary alicyclic amines) is 1. The van der Waals surface area contributed by atoms with E-state index < -0.39 is 6.36 Å². The Bertz CT molecular complexity index is 613. The van der Waals surface area contributed by atoms with Gasteiger partial charge in [-0.3, -0.25) is 4.79 Å². The molecule has 0 bridgehead atoms. The Kier molecular flexibility index (Phi) is 7.17. The molecule has 0 unspecified atom stereocenters. The van der Waals surface area contributed by atoms with Crippen molar-refractivity contribution in [1.82, 2.24) is 10.2 Å². The van der Waals surface area contributed by atoms with Crippen molar-refractivity contribution < 1.29 is 22.7 Å². The summed E-state index contributed by atoms with van der Waals surface area (Å²) in [6.45, 7) is 2.96. The molecule has 1 aromatic carbocycles. The maximum Gasteiger partial charge on any atom is 0.573 e. The highest BCUT2D eigenvalue weighted by Crippen LogP contribution is 2.32. The van der Waals surface area contributed by atoms with Crippen molar-refractivity contribution in [2.45, 2.75) is 44.4 Å². The number of carbonyl (C=O) groups is 1. The highest BCUT2D eigenvalue weighted by atomic mass is 35.5. The molecule has 0 atom stereocenters. The second-order valence-electron chi connectivity index (χ2n) is 6.72. The third-order valence-corrected chi connectivity index (χ3v) is 4.86. The molecule has 0 aliphatic carbocycles. The van der Waals surface area contributed by atoms with Gasteiger partial charge in [-0.1, -0.05) is 0 Å². The fourth-order valence-corrected chi connectivity index (χ4v) is 3.61. The van der Waals surface area contributed by atoms with Gasteiger partial charge in [0.1, 0.15) is 5.75 Å². The average Bonchev–Trinajstić information content (AvgIpc) is 2.61. The molecular formula is C18H24ClF3N2O2. The quantitative estimate of drug-likeness (QED) is 0.842. The zero-order chi connectivity index (χ0) is 17.9. The molecule has 2 aliphatic heterocycles. The Morgan fingerprint density at radius 3 is 2.35 bits per heavy atom. The monoisotopic (exact) mass is 392 g/mol. The summed E-state index contributed by atoms with van der Waals surface area (Å²) in [6, 6.07) is 4.39. The standard InChI is InChI=1S/C18H23F3N2O2.ClH/c19-18(20,21)25-16-11-14(13-4-6-22-7-5-13)10-15(12-16)17(24)23-8-2-1-3-9-23;/h10-13,22H,1-9H2;1H. The van der Waals surface area contributed by atoms with Crippen LogP contribution in [-0.4, -0.2) is 43.3 Å². The molecule has 1 aromatic rings. The molecule has 3 rings (SSSR count). The van der Waals surface area contributed by atoms with Crippen LogP contribution in [0.5, 0.6) is 5.75 Å². The van der Waals surface area contributed by atoms with Crippen LogP contribution in [0.25, 0.3) is 0 Å². The van der Waals surface area contributed by atoms with Crippen molar-refractivity contribution >= 4 is 18.3 Å². The topological polar surface area (TPSA) is 41.6 Å². The predicted octanol–water partition coefficient (Wildman–Crippen LogP) is 4.10. The molecular weight excluding hydrogens is 369 g/mol. The predicted molar refractivity (Wildman–Crippen MR) is 95.0 cm³/mol. The van der Waals surface area contributed by atoms with Crippen molar-refractivity contribution in [2.75, 3.05) is 26.2 Å². The van der Waals surface area contributed by atoms with E-state index in [0.29, 0.717) is 13.1 Å². The van der Waals surface area contributed by atoms with E-state index in [1.807, 2.05) is 0 Å². The molecule has 0 saturated carbocycles. The lowest BCUT2D eigenvalue weighted by Crippen LogP contribution is -2.35. The first-order chi connectivity index (χ1) is 11.9. The van der Waals surface area contributed by atoms with Crippen LogP contribution in [0.15, 0.2) is 18.2 Å². The Labute approximate surface area is 157 Å². The molecule has 2 heterocycles. The van der Waals surface area contributed by atoms with Gasteiger partial charge in [0.2, 0.25) is 0 Å². The molecule has 2 aliphatic rings. The lowest BCUT2D eigenvalue weighted by Gasteiger charge is -2.28. The minimum Gasteiger partial charge on any atom is -0.406 e. The molecule has 8 heteroatoms. The number of rotatable bonds is 3. The Morgan fingerprint density at radius 2 is 1.73 bits per heavy atom. The summed E-state index contributed by atoms with van der Waals surface area (Å²) in [4.78, 5) is 14.5. The molecule has 26 heavy (non-hydrogen) atoms. The van der Waals surface area contributed by atoms with Crippen LogP contribution in [0.4, 0.5) is 13.2 Å². The summed E-state index contributed by atoms with van der Waals surface area (Å²) in [6.07, 6.45) is -0.129. The summed E-state index contributed by atoms with van der Waals surface area (Å²) in [5.74, 6) is -0.364.